The van der Waals surface area contributed by atoms with Crippen LogP contribution in [0.15, 0.2) is 54.6 Å². The van der Waals surface area contributed by atoms with E-state index in [0.29, 0.717) is 6.04 Å². The summed E-state index contributed by atoms with van der Waals surface area (Å²) in [7, 11) is 0. The molecule has 0 unspecified atom stereocenters. The number of para-hydroxylation sites is 1. The molecule has 21 heavy (non-hydrogen) atoms. The molecule has 3 rings (SSSR count). The summed E-state index contributed by atoms with van der Waals surface area (Å²) >= 11 is 0. The van der Waals surface area contributed by atoms with Crippen LogP contribution in [-0.2, 0) is 0 Å². The molecule has 1 heterocycles. The highest BCUT2D eigenvalue weighted by atomic mass is 35.5. The Hall–Kier alpha value is -1.71. The van der Waals surface area contributed by atoms with Crippen molar-refractivity contribution >= 4 is 18.1 Å². The molecule has 1 fully saturated rings. The molecule has 0 aliphatic carbocycles. The van der Waals surface area contributed by atoms with Gasteiger partial charge < -0.3 is 15.4 Å². The summed E-state index contributed by atoms with van der Waals surface area (Å²) in [4.78, 5) is 0. The van der Waals surface area contributed by atoms with Gasteiger partial charge in [0.25, 0.3) is 0 Å². The van der Waals surface area contributed by atoms with Gasteiger partial charge in [-0.2, -0.15) is 0 Å². The Morgan fingerprint density at radius 2 is 1.48 bits per heavy atom. The molecule has 0 radical (unpaired) electrons. The summed E-state index contributed by atoms with van der Waals surface area (Å²) in [5.74, 6) is 1.73. The molecule has 0 amide bonds. The molecule has 0 spiro atoms. The molecule has 3 nitrogen and oxygen atoms in total. The fraction of sp³-hybridized carbons (Fsp3) is 0.294. The van der Waals surface area contributed by atoms with Gasteiger partial charge in [-0.3, -0.25) is 0 Å². The molecule has 4 heteroatoms. The number of nitrogens with one attached hydrogen (secondary N) is 2. The van der Waals surface area contributed by atoms with Gasteiger partial charge in [0.05, 0.1) is 0 Å². The number of rotatable bonds is 4. The predicted octanol–water partition coefficient (Wildman–Crippen LogP) is 4.06. The highest BCUT2D eigenvalue weighted by Crippen LogP contribution is 2.23. The smallest absolute Gasteiger partial charge is 0.127 e. The zero-order valence-corrected chi connectivity index (χ0v) is 12.7. The number of piperidine rings is 1. The van der Waals surface area contributed by atoms with Crippen molar-refractivity contribution in [3.63, 3.8) is 0 Å². The van der Waals surface area contributed by atoms with Gasteiger partial charge in [-0.1, -0.05) is 18.2 Å². The van der Waals surface area contributed by atoms with E-state index in [1.54, 1.807) is 0 Å². The van der Waals surface area contributed by atoms with Crippen molar-refractivity contribution in [1.82, 2.24) is 5.32 Å². The van der Waals surface area contributed by atoms with Crippen molar-refractivity contribution in [1.29, 1.82) is 0 Å². The van der Waals surface area contributed by atoms with E-state index in [-0.39, 0.29) is 12.4 Å². The van der Waals surface area contributed by atoms with Gasteiger partial charge in [-0.15, -0.1) is 12.4 Å². The zero-order chi connectivity index (χ0) is 13.6. The van der Waals surface area contributed by atoms with Crippen LogP contribution in [0, 0.1) is 0 Å². The molecule has 0 atom stereocenters. The maximum atomic E-state index is 5.79. The van der Waals surface area contributed by atoms with Crippen molar-refractivity contribution in [3.8, 4) is 11.5 Å². The first kappa shape index (κ1) is 15.7. The molecular formula is C17H21ClN2O. The molecule has 112 valence electrons. The first-order valence-corrected chi connectivity index (χ1v) is 7.20. The van der Waals surface area contributed by atoms with Crippen molar-refractivity contribution in [3.05, 3.63) is 54.6 Å². The summed E-state index contributed by atoms with van der Waals surface area (Å²) in [6.45, 7) is 2.21. The first-order valence-electron chi connectivity index (χ1n) is 7.20. The third kappa shape index (κ3) is 4.66. The van der Waals surface area contributed by atoms with Crippen molar-refractivity contribution in [2.75, 3.05) is 18.4 Å². The second-order valence-electron chi connectivity index (χ2n) is 5.11. The molecule has 0 aromatic heterocycles. The van der Waals surface area contributed by atoms with E-state index >= 15 is 0 Å². The summed E-state index contributed by atoms with van der Waals surface area (Å²) in [6, 6.07) is 18.6. The first-order chi connectivity index (χ1) is 9.90. The Balaban J connectivity index is 0.00000161. The monoisotopic (exact) mass is 304 g/mol. The molecule has 1 aliphatic heterocycles. The van der Waals surface area contributed by atoms with Crippen molar-refractivity contribution < 1.29 is 4.74 Å². The largest absolute Gasteiger partial charge is 0.457 e. The number of hydrogen-bond acceptors (Lipinski definition) is 3. The van der Waals surface area contributed by atoms with Crippen LogP contribution in [-0.4, -0.2) is 19.1 Å². The lowest BCUT2D eigenvalue weighted by molar-refractivity contribution is 0.477. The quantitative estimate of drug-likeness (QED) is 0.893. The van der Waals surface area contributed by atoms with E-state index in [4.69, 9.17) is 4.74 Å². The van der Waals surface area contributed by atoms with E-state index in [0.717, 1.165) is 30.3 Å². The minimum atomic E-state index is 0. The van der Waals surface area contributed by atoms with Crippen LogP contribution in [0.3, 0.4) is 0 Å². The molecule has 2 N–H and O–H groups in total. The second kappa shape index (κ2) is 7.91. The average molecular weight is 305 g/mol. The van der Waals surface area contributed by atoms with Gasteiger partial charge in [-0.25, -0.2) is 0 Å². The summed E-state index contributed by atoms with van der Waals surface area (Å²) < 4.78 is 5.79. The number of anilines is 1. The van der Waals surface area contributed by atoms with E-state index in [2.05, 4.69) is 22.8 Å². The Labute approximate surface area is 132 Å². The predicted molar refractivity (Wildman–Crippen MR) is 89.7 cm³/mol. The third-order valence-electron chi connectivity index (χ3n) is 3.54. The summed E-state index contributed by atoms with van der Waals surface area (Å²) in [5.41, 5.74) is 1.16. The highest BCUT2D eigenvalue weighted by Gasteiger charge is 2.12. The van der Waals surface area contributed by atoms with Gasteiger partial charge in [0.15, 0.2) is 0 Å². The molecule has 0 saturated carbocycles. The van der Waals surface area contributed by atoms with Crippen LogP contribution in [0.1, 0.15) is 12.8 Å². The Bertz CT molecular complexity index is 524. The molecule has 1 saturated heterocycles. The van der Waals surface area contributed by atoms with Crippen LogP contribution in [0.25, 0.3) is 0 Å². The standard InChI is InChI=1S/C17H20N2O.ClH/c1-2-4-16(5-3-1)20-17-8-6-14(7-9-17)19-15-10-12-18-13-11-15;/h1-9,15,18-19H,10-13H2;1H. The maximum Gasteiger partial charge on any atom is 0.127 e. The lowest BCUT2D eigenvalue weighted by Crippen LogP contribution is -2.35. The highest BCUT2D eigenvalue weighted by molar-refractivity contribution is 5.85. The number of benzene rings is 2. The van der Waals surface area contributed by atoms with E-state index in [1.807, 2.05) is 42.5 Å². The zero-order valence-electron chi connectivity index (χ0n) is 11.9. The fourth-order valence-electron chi connectivity index (χ4n) is 2.45. The molecule has 2 aromatic rings. The van der Waals surface area contributed by atoms with Crippen LogP contribution in [0.4, 0.5) is 5.69 Å². The maximum absolute atomic E-state index is 5.79. The average Bonchev–Trinajstić information content (AvgIpc) is 2.51. The van der Waals surface area contributed by atoms with Gasteiger partial charge in [0, 0.05) is 11.7 Å². The van der Waals surface area contributed by atoms with Crippen LogP contribution >= 0.6 is 12.4 Å². The number of ether oxygens (including phenoxy) is 1. The van der Waals surface area contributed by atoms with Gasteiger partial charge in [-0.05, 0) is 62.3 Å². The Morgan fingerprint density at radius 1 is 0.857 bits per heavy atom. The second-order valence-corrected chi connectivity index (χ2v) is 5.11. The fourth-order valence-corrected chi connectivity index (χ4v) is 2.45. The van der Waals surface area contributed by atoms with Gasteiger partial charge >= 0.3 is 0 Å². The van der Waals surface area contributed by atoms with E-state index in [9.17, 15) is 0 Å². The lowest BCUT2D eigenvalue weighted by atomic mass is 10.1. The van der Waals surface area contributed by atoms with E-state index in [1.165, 1.54) is 12.8 Å². The Kier molecular flexibility index (Phi) is 5.90. The Morgan fingerprint density at radius 3 is 2.14 bits per heavy atom. The number of halogens is 1. The normalized spacial score (nSPS) is 15.0. The molecule has 1 aliphatic rings. The van der Waals surface area contributed by atoms with Crippen LogP contribution in [0.5, 0.6) is 11.5 Å². The molecule has 0 bridgehead atoms. The number of hydrogen-bond donors (Lipinski definition) is 2. The topological polar surface area (TPSA) is 33.3 Å². The lowest BCUT2D eigenvalue weighted by Gasteiger charge is -2.24. The van der Waals surface area contributed by atoms with Crippen LogP contribution < -0.4 is 15.4 Å². The molecular weight excluding hydrogens is 284 g/mol. The van der Waals surface area contributed by atoms with Gasteiger partial charge in [0.2, 0.25) is 0 Å². The molecule has 2 aromatic carbocycles. The summed E-state index contributed by atoms with van der Waals surface area (Å²) in [5, 5.41) is 6.95. The van der Waals surface area contributed by atoms with Crippen molar-refractivity contribution in [2.45, 2.75) is 18.9 Å². The minimum absolute atomic E-state index is 0. The van der Waals surface area contributed by atoms with Crippen molar-refractivity contribution in [2.24, 2.45) is 0 Å². The van der Waals surface area contributed by atoms with Crippen LogP contribution in [0.2, 0.25) is 0 Å². The van der Waals surface area contributed by atoms with E-state index < -0.39 is 0 Å². The summed E-state index contributed by atoms with van der Waals surface area (Å²) in [6.07, 6.45) is 2.37. The third-order valence-corrected chi connectivity index (χ3v) is 3.54. The minimum Gasteiger partial charge on any atom is -0.457 e. The van der Waals surface area contributed by atoms with Gasteiger partial charge in [0.1, 0.15) is 11.5 Å². The SMILES string of the molecule is Cl.c1ccc(Oc2ccc(NC3CCNCC3)cc2)cc1.